The number of rotatable bonds is 3. The standard InChI is InChI=1S/C9H11N3OS2/c1-5-8(15-7(3-13)11-5)6-4-14-9(10-2)12-6/h4,13H,3H2,1-2H3,(H,10,12). The van der Waals surface area contributed by atoms with Gasteiger partial charge in [-0.3, -0.25) is 0 Å². The van der Waals surface area contributed by atoms with Gasteiger partial charge in [0.15, 0.2) is 5.13 Å². The Kier molecular flexibility index (Phi) is 2.99. The van der Waals surface area contributed by atoms with Crippen molar-refractivity contribution in [3.05, 3.63) is 16.1 Å². The first-order valence-electron chi connectivity index (χ1n) is 4.45. The molecule has 15 heavy (non-hydrogen) atoms. The lowest BCUT2D eigenvalue weighted by Gasteiger charge is -1.91. The number of aliphatic hydroxyl groups is 1. The molecule has 0 fully saturated rings. The van der Waals surface area contributed by atoms with E-state index in [0.717, 1.165) is 26.4 Å². The number of nitrogens with zero attached hydrogens (tertiary/aromatic N) is 2. The lowest BCUT2D eigenvalue weighted by molar-refractivity contribution is 0.281. The molecule has 0 spiro atoms. The first kappa shape index (κ1) is 10.5. The molecule has 4 nitrogen and oxygen atoms in total. The van der Waals surface area contributed by atoms with Crippen LogP contribution in [0.25, 0.3) is 10.6 Å². The molecule has 2 rings (SSSR count). The number of hydrogen-bond donors (Lipinski definition) is 2. The third-order valence-corrected chi connectivity index (χ3v) is 3.95. The van der Waals surface area contributed by atoms with Crippen LogP contribution >= 0.6 is 22.7 Å². The van der Waals surface area contributed by atoms with Crippen molar-refractivity contribution in [2.75, 3.05) is 12.4 Å². The summed E-state index contributed by atoms with van der Waals surface area (Å²) in [6.07, 6.45) is 0. The van der Waals surface area contributed by atoms with Crippen molar-refractivity contribution in [1.29, 1.82) is 0 Å². The van der Waals surface area contributed by atoms with E-state index in [2.05, 4.69) is 15.3 Å². The summed E-state index contributed by atoms with van der Waals surface area (Å²) >= 11 is 3.06. The Labute approximate surface area is 95.6 Å². The van der Waals surface area contributed by atoms with Crippen molar-refractivity contribution in [3.63, 3.8) is 0 Å². The zero-order chi connectivity index (χ0) is 10.8. The molecule has 2 aromatic rings. The summed E-state index contributed by atoms with van der Waals surface area (Å²) in [7, 11) is 1.85. The molecule has 0 bridgehead atoms. The van der Waals surface area contributed by atoms with Gasteiger partial charge in [-0.1, -0.05) is 0 Å². The van der Waals surface area contributed by atoms with Gasteiger partial charge >= 0.3 is 0 Å². The van der Waals surface area contributed by atoms with Crippen molar-refractivity contribution in [2.45, 2.75) is 13.5 Å². The molecule has 0 saturated heterocycles. The average molecular weight is 241 g/mol. The summed E-state index contributed by atoms with van der Waals surface area (Å²) in [5, 5.41) is 15.6. The van der Waals surface area contributed by atoms with E-state index in [4.69, 9.17) is 5.11 Å². The molecule has 2 N–H and O–H groups in total. The van der Waals surface area contributed by atoms with Gasteiger partial charge in [0.05, 0.1) is 22.9 Å². The summed E-state index contributed by atoms with van der Waals surface area (Å²) < 4.78 is 0. The first-order chi connectivity index (χ1) is 7.24. The molecule has 0 atom stereocenters. The first-order valence-corrected chi connectivity index (χ1v) is 6.15. The van der Waals surface area contributed by atoms with Crippen LogP contribution in [0.2, 0.25) is 0 Å². The summed E-state index contributed by atoms with van der Waals surface area (Å²) in [5.74, 6) is 0. The molecule has 0 radical (unpaired) electrons. The molecule has 0 unspecified atom stereocenters. The van der Waals surface area contributed by atoms with Gasteiger partial charge in [0.1, 0.15) is 5.01 Å². The highest BCUT2D eigenvalue weighted by Crippen LogP contribution is 2.32. The fourth-order valence-corrected chi connectivity index (χ4v) is 2.87. The summed E-state index contributed by atoms with van der Waals surface area (Å²) in [6, 6.07) is 0. The molecule has 80 valence electrons. The molecule has 0 aliphatic carbocycles. The number of thiazole rings is 2. The topological polar surface area (TPSA) is 58.0 Å². The molecular formula is C9H11N3OS2. The summed E-state index contributed by atoms with van der Waals surface area (Å²) in [4.78, 5) is 9.70. The lowest BCUT2D eigenvalue weighted by atomic mass is 10.3. The van der Waals surface area contributed by atoms with E-state index >= 15 is 0 Å². The molecule has 2 heterocycles. The third kappa shape index (κ3) is 2.01. The molecule has 0 aliphatic rings. The second-order valence-corrected chi connectivity index (χ2v) is 4.91. The predicted octanol–water partition coefficient (Wildman–Crippen LogP) is 2.11. The third-order valence-electron chi connectivity index (χ3n) is 1.93. The Bertz CT molecular complexity index is 464. The van der Waals surface area contributed by atoms with Crippen molar-refractivity contribution < 1.29 is 5.11 Å². The number of hydrogen-bond acceptors (Lipinski definition) is 6. The van der Waals surface area contributed by atoms with E-state index in [-0.39, 0.29) is 6.61 Å². The molecule has 0 amide bonds. The van der Waals surface area contributed by atoms with Crippen LogP contribution in [-0.4, -0.2) is 22.1 Å². The van der Waals surface area contributed by atoms with Gasteiger partial charge in [-0.05, 0) is 6.92 Å². The number of aromatic nitrogens is 2. The smallest absolute Gasteiger partial charge is 0.182 e. The van der Waals surface area contributed by atoms with Crippen LogP contribution < -0.4 is 5.32 Å². The number of aryl methyl sites for hydroxylation is 1. The van der Waals surface area contributed by atoms with Crippen molar-refractivity contribution in [1.82, 2.24) is 9.97 Å². The van der Waals surface area contributed by atoms with Crippen LogP contribution in [0.3, 0.4) is 0 Å². The Balaban J connectivity index is 2.39. The predicted molar refractivity (Wildman–Crippen MR) is 63.4 cm³/mol. The molecule has 0 aromatic carbocycles. The quantitative estimate of drug-likeness (QED) is 0.864. The Morgan fingerprint density at radius 1 is 1.47 bits per heavy atom. The molecular weight excluding hydrogens is 230 g/mol. The van der Waals surface area contributed by atoms with Crippen molar-refractivity contribution in [2.24, 2.45) is 0 Å². The van der Waals surface area contributed by atoms with Crippen molar-refractivity contribution in [3.8, 4) is 10.6 Å². The van der Waals surface area contributed by atoms with E-state index in [0.29, 0.717) is 0 Å². The fourth-order valence-electron chi connectivity index (χ4n) is 1.25. The Hall–Kier alpha value is -0.980. The van der Waals surface area contributed by atoms with Crippen LogP contribution in [0.4, 0.5) is 5.13 Å². The number of nitrogens with one attached hydrogen (secondary N) is 1. The van der Waals surface area contributed by atoms with Crippen molar-refractivity contribution >= 4 is 27.8 Å². The highest BCUT2D eigenvalue weighted by Gasteiger charge is 2.11. The highest BCUT2D eigenvalue weighted by molar-refractivity contribution is 7.16. The normalized spacial score (nSPS) is 10.6. The van der Waals surface area contributed by atoms with Gasteiger partial charge in [0, 0.05) is 12.4 Å². The second kappa shape index (κ2) is 4.26. The van der Waals surface area contributed by atoms with Gasteiger partial charge in [-0.15, -0.1) is 22.7 Å². The fraction of sp³-hybridized carbons (Fsp3) is 0.333. The summed E-state index contributed by atoms with van der Waals surface area (Å²) in [5.41, 5.74) is 1.86. The molecule has 2 aromatic heterocycles. The van der Waals surface area contributed by atoms with E-state index in [9.17, 15) is 0 Å². The monoisotopic (exact) mass is 241 g/mol. The maximum absolute atomic E-state index is 8.99. The van der Waals surface area contributed by atoms with Crippen LogP contribution in [0.1, 0.15) is 10.7 Å². The van der Waals surface area contributed by atoms with Crippen LogP contribution in [-0.2, 0) is 6.61 Å². The van der Waals surface area contributed by atoms with E-state index in [1.54, 1.807) is 11.3 Å². The number of aliphatic hydroxyl groups excluding tert-OH is 1. The minimum Gasteiger partial charge on any atom is -0.389 e. The SMILES string of the molecule is CNc1nc(-c2sc(CO)nc2C)cs1. The summed E-state index contributed by atoms with van der Waals surface area (Å²) in [6.45, 7) is 1.93. The van der Waals surface area contributed by atoms with Gasteiger partial charge in [-0.25, -0.2) is 9.97 Å². The molecule has 6 heteroatoms. The number of anilines is 1. The molecule has 0 aliphatic heterocycles. The van der Waals surface area contributed by atoms with Gasteiger partial charge in [-0.2, -0.15) is 0 Å². The minimum atomic E-state index is -0.00543. The van der Waals surface area contributed by atoms with Crippen LogP contribution in [0.15, 0.2) is 5.38 Å². The Morgan fingerprint density at radius 3 is 2.80 bits per heavy atom. The Morgan fingerprint density at radius 2 is 2.27 bits per heavy atom. The van der Waals surface area contributed by atoms with Gasteiger partial charge in [0.25, 0.3) is 0 Å². The average Bonchev–Trinajstić information content (AvgIpc) is 2.83. The van der Waals surface area contributed by atoms with Gasteiger partial charge in [0.2, 0.25) is 0 Å². The second-order valence-electron chi connectivity index (χ2n) is 2.97. The van der Waals surface area contributed by atoms with E-state index < -0.39 is 0 Å². The zero-order valence-electron chi connectivity index (χ0n) is 8.44. The largest absolute Gasteiger partial charge is 0.389 e. The molecule has 0 saturated carbocycles. The maximum atomic E-state index is 8.99. The lowest BCUT2D eigenvalue weighted by Crippen LogP contribution is -1.85. The van der Waals surface area contributed by atoms with E-state index in [1.165, 1.54) is 11.3 Å². The maximum Gasteiger partial charge on any atom is 0.182 e. The minimum absolute atomic E-state index is 0.00543. The van der Waals surface area contributed by atoms with E-state index in [1.807, 2.05) is 19.4 Å². The van der Waals surface area contributed by atoms with Gasteiger partial charge < -0.3 is 10.4 Å². The van der Waals surface area contributed by atoms with Crippen LogP contribution in [0.5, 0.6) is 0 Å². The zero-order valence-corrected chi connectivity index (χ0v) is 10.1. The highest BCUT2D eigenvalue weighted by atomic mass is 32.1. The van der Waals surface area contributed by atoms with Crippen LogP contribution in [0, 0.1) is 6.92 Å².